The van der Waals surface area contributed by atoms with E-state index in [0.717, 1.165) is 149 Å². The number of carbonyl (C=O) groups is 2. The summed E-state index contributed by atoms with van der Waals surface area (Å²) in [7, 11) is 1.88. The number of piperazine rings is 2. The fraction of sp³-hybridized carbons (Fsp3) is 0.491. The van der Waals surface area contributed by atoms with Crippen molar-refractivity contribution in [3.63, 3.8) is 0 Å². The predicted molar refractivity (Wildman–Crippen MR) is 286 cm³/mol. The standard InChI is InChI=1S/C55H72Cl2N10O4/c1-40(2)60-54(68)52(64-30-26-62(27-31-64)24-8-6-10-34-70-46-20-22-50-48(36-46)58-38-66(50)44-16-12-42(56)13-17-44)53(55(69)61(5)41(3)4)65-32-28-63(29-33-65)25-9-7-11-35-71-47-21-23-51-49(37-47)59-39-67(51)45-18-14-43(57)15-19-45/h12-23,36-41,52-53H,6-11,24-35H2,1-5H3,(H,60,68). The van der Waals surface area contributed by atoms with Crippen LogP contribution in [0.4, 0.5) is 0 Å². The number of hydrogen-bond acceptors (Lipinski definition) is 10. The van der Waals surface area contributed by atoms with Crippen molar-refractivity contribution in [2.75, 3.05) is 85.7 Å². The van der Waals surface area contributed by atoms with E-state index >= 15 is 0 Å². The highest BCUT2D eigenvalue weighted by Gasteiger charge is 2.45. The summed E-state index contributed by atoms with van der Waals surface area (Å²) in [5.74, 6) is 1.61. The minimum Gasteiger partial charge on any atom is -0.494 e. The Balaban J connectivity index is 0.776. The van der Waals surface area contributed by atoms with Crippen molar-refractivity contribution in [1.29, 1.82) is 0 Å². The molecule has 0 saturated carbocycles. The summed E-state index contributed by atoms with van der Waals surface area (Å²) in [6.07, 6.45) is 9.84. The minimum absolute atomic E-state index is 0.0160. The molecule has 2 atom stereocenters. The van der Waals surface area contributed by atoms with Gasteiger partial charge in [0.05, 0.1) is 35.3 Å². The predicted octanol–water partition coefficient (Wildman–Crippen LogP) is 8.83. The van der Waals surface area contributed by atoms with E-state index in [1.54, 1.807) is 0 Å². The van der Waals surface area contributed by atoms with Crippen molar-refractivity contribution in [3.05, 3.63) is 108 Å². The van der Waals surface area contributed by atoms with Crippen molar-refractivity contribution in [3.8, 4) is 22.9 Å². The first-order valence-electron chi connectivity index (χ1n) is 25.6. The average Bonchev–Trinajstić information content (AvgIpc) is 4.00. The third kappa shape index (κ3) is 13.6. The molecule has 2 fully saturated rings. The second-order valence-corrected chi connectivity index (χ2v) is 20.5. The number of nitrogens with one attached hydrogen (secondary N) is 1. The van der Waals surface area contributed by atoms with Crippen molar-refractivity contribution in [2.45, 2.75) is 90.4 Å². The van der Waals surface area contributed by atoms with Crippen molar-refractivity contribution >= 4 is 57.1 Å². The monoisotopic (exact) mass is 1010 g/mol. The van der Waals surface area contributed by atoms with Crippen LogP contribution in [0.1, 0.15) is 66.2 Å². The van der Waals surface area contributed by atoms with Gasteiger partial charge in [0, 0.05) is 105 Å². The second-order valence-electron chi connectivity index (χ2n) is 19.7. The van der Waals surface area contributed by atoms with Crippen LogP contribution in [0.3, 0.4) is 0 Å². The van der Waals surface area contributed by atoms with Gasteiger partial charge in [-0.15, -0.1) is 0 Å². The van der Waals surface area contributed by atoms with E-state index in [1.807, 2.05) is 134 Å². The van der Waals surface area contributed by atoms with Crippen LogP contribution in [0.15, 0.2) is 97.6 Å². The first-order valence-corrected chi connectivity index (χ1v) is 26.4. The SMILES string of the molecule is CC(C)NC(=O)C(C(C(=O)N(C)C(C)C)N1CCN(CCCCCOc2ccc3c(c2)ncn3-c2ccc(Cl)cc2)CC1)N1CCN(CCCCCOc2ccc3c(c2)ncn3-c2ccc(Cl)cc2)CC1. The van der Waals surface area contributed by atoms with Gasteiger partial charge in [0.1, 0.15) is 36.2 Å². The van der Waals surface area contributed by atoms with Gasteiger partial charge in [0.25, 0.3) is 0 Å². The molecule has 2 unspecified atom stereocenters. The van der Waals surface area contributed by atoms with Crippen LogP contribution < -0.4 is 14.8 Å². The number of nitrogens with zero attached hydrogens (tertiary/aromatic N) is 9. The van der Waals surface area contributed by atoms with E-state index in [0.29, 0.717) is 23.3 Å². The van der Waals surface area contributed by atoms with Gasteiger partial charge in [-0.25, -0.2) is 9.97 Å². The summed E-state index contributed by atoms with van der Waals surface area (Å²) >= 11 is 12.2. The largest absolute Gasteiger partial charge is 0.494 e. The van der Waals surface area contributed by atoms with E-state index in [1.165, 1.54) is 0 Å². The molecule has 2 aromatic heterocycles. The Kier molecular flexibility index (Phi) is 18.3. The zero-order valence-electron chi connectivity index (χ0n) is 42.2. The topological polar surface area (TPSA) is 116 Å². The van der Waals surface area contributed by atoms with E-state index in [2.05, 4.69) is 47.0 Å². The third-order valence-corrected chi connectivity index (χ3v) is 14.5. The van der Waals surface area contributed by atoms with Gasteiger partial charge in [-0.3, -0.25) is 28.5 Å². The van der Waals surface area contributed by atoms with Crippen LogP contribution in [0.25, 0.3) is 33.4 Å². The summed E-state index contributed by atoms with van der Waals surface area (Å²) in [5.41, 5.74) is 5.83. The number of benzene rings is 4. The van der Waals surface area contributed by atoms with Crippen molar-refractivity contribution < 1.29 is 19.1 Å². The summed E-state index contributed by atoms with van der Waals surface area (Å²) in [5, 5.41) is 4.63. The Morgan fingerprint density at radius 2 is 1.03 bits per heavy atom. The van der Waals surface area contributed by atoms with Crippen LogP contribution in [-0.4, -0.2) is 165 Å². The second kappa shape index (κ2) is 24.9. The van der Waals surface area contributed by atoms with Gasteiger partial charge >= 0.3 is 0 Å². The van der Waals surface area contributed by atoms with Crippen molar-refractivity contribution in [1.82, 2.24) is 48.9 Å². The molecule has 0 radical (unpaired) electrons. The number of unbranched alkanes of at least 4 members (excludes halogenated alkanes) is 4. The molecular weight excluding hydrogens is 936 g/mol. The first-order chi connectivity index (χ1) is 34.4. The maximum absolute atomic E-state index is 14.6. The first kappa shape index (κ1) is 52.1. The Labute approximate surface area is 429 Å². The molecule has 1 N–H and O–H groups in total. The maximum atomic E-state index is 14.6. The smallest absolute Gasteiger partial charge is 0.242 e. The molecule has 380 valence electrons. The Bertz CT molecular complexity index is 2640. The minimum atomic E-state index is -0.581. The number of amides is 2. The van der Waals surface area contributed by atoms with Gasteiger partial charge in [-0.1, -0.05) is 23.2 Å². The Morgan fingerprint density at radius 3 is 1.45 bits per heavy atom. The lowest BCUT2D eigenvalue weighted by atomic mass is 9.98. The van der Waals surface area contributed by atoms with E-state index in [4.69, 9.17) is 32.7 Å². The summed E-state index contributed by atoms with van der Waals surface area (Å²) < 4.78 is 16.4. The third-order valence-electron chi connectivity index (χ3n) is 14.0. The Hall–Kier alpha value is -5.22. The number of aromatic nitrogens is 4. The molecule has 4 aromatic carbocycles. The Morgan fingerprint density at radius 1 is 0.592 bits per heavy atom. The van der Waals surface area contributed by atoms with Gasteiger partial charge in [-0.05, 0) is 152 Å². The number of hydrogen-bond donors (Lipinski definition) is 1. The highest BCUT2D eigenvalue weighted by Crippen LogP contribution is 2.27. The lowest BCUT2D eigenvalue weighted by Crippen LogP contribution is -2.68. The van der Waals surface area contributed by atoms with Crippen LogP contribution in [-0.2, 0) is 9.59 Å². The number of likely N-dealkylation sites (N-methyl/N-ethyl adjacent to an activating group) is 1. The molecule has 2 aliphatic rings. The van der Waals surface area contributed by atoms with Crippen LogP contribution >= 0.6 is 23.2 Å². The fourth-order valence-corrected chi connectivity index (χ4v) is 10.0. The summed E-state index contributed by atoms with van der Waals surface area (Å²) in [4.78, 5) is 49.5. The molecule has 14 nitrogen and oxygen atoms in total. The van der Waals surface area contributed by atoms with Gasteiger partial charge < -0.3 is 29.5 Å². The lowest BCUT2D eigenvalue weighted by Gasteiger charge is -2.47. The van der Waals surface area contributed by atoms with Crippen molar-refractivity contribution in [2.24, 2.45) is 0 Å². The van der Waals surface area contributed by atoms with E-state index < -0.39 is 12.1 Å². The number of rotatable bonds is 23. The normalized spacial score (nSPS) is 16.2. The summed E-state index contributed by atoms with van der Waals surface area (Å²) in [6.45, 7) is 17.7. The lowest BCUT2D eigenvalue weighted by molar-refractivity contribution is -0.147. The zero-order valence-corrected chi connectivity index (χ0v) is 43.7. The molecule has 8 rings (SSSR count). The number of fused-ring (bicyclic) bond motifs is 2. The molecule has 2 aliphatic heterocycles. The van der Waals surface area contributed by atoms with Crippen LogP contribution in [0, 0.1) is 0 Å². The molecule has 0 bridgehead atoms. The van der Waals surface area contributed by atoms with E-state index in [9.17, 15) is 9.59 Å². The molecule has 2 amide bonds. The van der Waals surface area contributed by atoms with Crippen LogP contribution in [0.5, 0.6) is 11.5 Å². The fourth-order valence-electron chi connectivity index (χ4n) is 9.75. The molecule has 71 heavy (non-hydrogen) atoms. The number of imidazole rings is 2. The quantitative estimate of drug-likeness (QED) is 0.0625. The zero-order chi connectivity index (χ0) is 49.9. The number of halogens is 2. The maximum Gasteiger partial charge on any atom is 0.242 e. The molecule has 0 aliphatic carbocycles. The van der Waals surface area contributed by atoms with Gasteiger partial charge in [0.15, 0.2) is 0 Å². The highest BCUT2D eigenvalue weighted by molar-refractivity contribution is 6.30. The highest BCUT2D eigenvalue weighted by atomic mass is 35.5. The molecule has 4 heterocycles. The molecular formula is C55H72Cl2N10O4. The number of ether oxygens (including phenoxy) is 2. The van der Waals surface area contributed by atoms with Gasteiger partial charge in [0.2, 0.25) is 11.8 Å². The average molecular weight is 1010 g/mol. The molecule has 6 aromatic rings. The molecule has 0 spiro atoms. The van der Waals surface area contributed by atoms with E-state index in [-0.39, 0.29) is 23.9 Å². The number of carbonyl (C=O) groups excluding carboxylic acids is 2. The summed E-state index contributed by atoms with van der Waals surface area (Å²) in [6, 6.07) is 26.4. The molecule has 16 heteroatoms. The van der Waals surface area contributed by atoms with Gasteiger partial charge in [-0.2, -0.15) is 0 Å². The molecule has 2 saturated heterocycles. The van der Waals surface area contributed by atoms with Crippen LogP contribution in [0.2, 0.25) is 10.0 Å².